The van der Waals surface area contributed by atoms with E-state index in [1.807, 2.05) is 0 Å². The second-order valence-electron chi connectivity index (χ2n) is 2.78. The van der Waals surface area contributed by atoms with Crippen molar-refractivity contribution in [2.45, 2.75) is 6.10 Å². The first-order chi connectivity index (χ1) is 6.15. The molecule has 1 unspecified atom stereocenters. The molecule has 0 radical (unpaired) electrons. The van der Waals surface area contributed by atoms with Crippen LogP contribution >= 0.6 is 15.9 Å². The molecular weight excluding hydrogens is 234 g/mol. The van der Waals surface area contributed by atoms with E-state index >= 15 is 0 Å². The van der Waals surface area contributed by atoms with Gasteiger partial charge in [-0.1, -0.05) is 15.9 Å². The zero-order valence-electron chi connectivity index (χ0n) is 7.29. The Kier molecular flexibility index (Phi) is 3.71. The van der Waals surface area contributed by atoms with Gasteiger partial charge in [-0.3, -0.25) is 0 Å². The number of halogens is 1. The van der Waals surface area contributed by atoms with Gasteiger partial charge in [0.1, 0.15) is 5.75 Å². The summed E-state index contributed by atoms with van der Waals surface area (Å²) in [7, 11) is 1.75. The van der Waals surface area contributed by atoms with E-state index in [4.69, 9.17) is 0 Å². The van der Waals surface area contributed by atoms with Crippen molar-refractivity contribution in [3.05, 3.63) is 28.2 Å². The average molecular weight is 246 g/mol. The lowest BCUT2D eigenvalue weighted by molar-refractivity contribution is 0.174. The van der Waals surface area contributed by atoms with E-state index in [1.54, 1.807) is 25.2 Å². The van der Waals surface area contributed by atoms with E-state index in [0.29, 0.717) is 12.1 Å². The highest BCUT2D eigenvalue weighted by Gasteiger charge is 2.11. The largest absolute Gasteiger partial charge is 0.508 e. The first-order valence-corrected chi connectivity index (χ1v) is 4.75. The molecule has 1 atom stereocenters. The Hall–Kier alpha value is -0.580. The van der Waals surface area contributed by atoms with Crippen LogP contribution < -0.4 is 5.32 Å². The van der Waals surface area contributed by atoms with E-state index in [0.717, 1.165) is 4.47 Å². The Morgan fingerprint density at radius 1 is 1.54 bits per heavy atom. The molecule has 13 heavy (non-hydrogen) atoms. The zero-order valence-corrected chi connectivity index (χ0v) is 8.87. The molecule has 0 saturated carbocycles. The van der Waals surface area contributed by atoms with Crippen LogP contribution in [-0.2, 0) is 0 Å². The third kappa shape index (κ3) is 2.69. The number of hydrogen-bond donors (Lipinski definition) is 3. The van der Waals surface area contributed by atoms with Gasteiger partial charge < -0.3 is 15.5 Å². The van der Waals surface area contributed by atoms with Gasteiger partial charge in [0.25, 0.3) is 0 Å². The molecule has 1 aromatic rings. The summed E-state index contributed by atoms with van der Waals surface area (Å²) >= 11 is 3.27. The number of hydrogen-bond acceptors (Lipinski definition) is 3. The lowest BCUT2D eigenvalue weighted by Gasteiger charge is -2.12. The van der Waals surface area contributed by atoms with Crippen LogP contribution in [0.15, 0.2) is 22.7 Å². The van der Waals surface area contributed by atoms with E-state index in [1.165, 1.54) is 0 Å². The van der Waals surface area contributed by atoms with Crippen LogP contribution in [0.25, 0.3) is 0 Å². The van der Waals surface area contributed by atoms with Crippen molar-refractivity contribution in [2.75, 3.05) is 13.6 Å². The molecule has 0 aliphatic heterocycles. The van der Waals surface area contributed by atoms with Crippen molar-refractivity contribution >= 4 is 15.9 Å². The van der Waals surface area contributed by atoms with Crippen LogP contribution in [0.3, 0.4) is 0 Å². The van der Waals surface area contributed by atoms with Crippen LogP contribution in [0.5, 0.6) is 5.75 Å². The van der Waals surface area contributed by atoms with Crippen molar-refractivity contribution in [3.8, 4) is 5.75 Å². The summed E-state index contributed by atoms with van der Waals surface area (Å²) in [6.45, 7) is 0.421. The highest BCUT2D eigenvalue weighted by atomic mass is 79.9. The van der Waals surface area contributed by atoms with Gasteiger partial charge in [-0.25, -0.2) is 0 Å². The molecule has 3 N–H and O–H groups in total. The summed E-state index contributed by atoms with van der Waals surface area (Å²) in [4.78, 5) is 0. The number of aliphatic hydroxyl groups is 1. The molecule has 0 bridgehead atoms. The summed E-state index contributed by atoms with van der Waals surface area (Å²) in [6, 6.07) is 4.99. The average Bonchev–Trinajstić information content (AvgIpc) is 2.09. The summed E-state index contributed by atoms with van der Waals surface area (Å²) in [6.07, 6.45) is -0.678. The number of phenols is 1. The van der Waals surface area contributed by atoms with Crippen molar-refractivity contribution < 1.29 is 10.2 Å². The van der Waals surface area contributed by atoms with Crippen molar-refractivity contribution in [1.29, 1.82) is 0 Å². The monoisotopic (exact) mass is 245 g/mol. The van der Waals surface area contributed by atoms with Crippen LogP contribution in [-0.4, -0.2) is 23.8 Å². The van der Waals surface area contributed by atoms with Crippen LogP contribution in [0, 0.1) is 0 Å². The molecule has 0 spiro atoms. The maximum Gasteiger partial charge on any atom is 0.121 e. The predicted octanol–water partition coefficient (Wildman–Crippen LogP) is 1.41. The van der Waals surface area contributed by atoms with E-state index in [-0.39, 0.29) is 5.75 Å². The Morgan fingerprint density at radius 3 is 2.85 bits per heavy atom. The van der Waals surface area contributed by atoms with Gasteiger partial charge in [0.2, 0.25) is 0 Å². The molecule has 0 aromatic heterocycles. The number of phenolic OH excluding ortho intramolecular Hbond substituents is 1. The second-order valence-corrected chi connectivity index (χ2v) is 3.69. The highest BCUT2D eigenvalue weighted by Crippen LogP contribution is 2.26. The van der Waals surface area contributed by atoms with Gasteiger partial charge in [-0.05, 0) is 25.2 Å². The summed E-state index contributed by atoms with van der Waals surface area (Å²) in [5, 5.41) is 21.8. The van der Waals surface area contributed by atoms with Gasteiger partial charge in [-0.2, -0.15) is 0 Å². The smallest absolute Gasteiger partial charge is 0.121 e. The standard InChI is InChI=1S/C9H12BrNO2/c1-11-5-9(13)7-4-6(10)2-3-8(7)12/h2-4,9,11-13H,5H2,1H3. The number of benzene rings is 1. The van der Waals surface area contributed by atoms with Gasteiger partial charge in [0, 0.05) is 16.6 Å². The molecule has 4 heteroatoms. The molecule has 0 aliphatic rings. The second kappa shape index (κ2) is 4.60. The van der Waals surface area contributed by atoms with E-state index in [9.17, 15) is 10.2 Å². The molecule has 0 fully saturated rings. The molecule has 1 aromatic carbocycles. The summed E-state index contributed by atoms with van der Waals surface area (Å²) in [5.74, 6) is 0.117. The SMILES string of the molecule is CNCC(O)c1cc(Br)ccc1O. The van der Waals surface area contributed by atoms with Gasteiger partial charge in [-0.15, -0.1) is 0 Å². The molecule has 0 aliphatic carbocycles. The number of aliphatic hydroxyl groups excluding tert-OH is 1. The van der Waals surface area contributed by atoms with Crippen molar-refractivity contribution in [1.82, 2.24) is 5.32 Å². The van der Waals surface area contributed by atoms with Crippen LogP contribution in [0.4, 0.5) is 0 Å². The quantitative estimate of drug-likeness (QED) is 0.755. The highest BCUT2D eigenvalue weighted by molar-refractivity contribution is 9.10. The fraction of sp³-hybridized carbons (Fsp3) is 0.333. The number of likely N-dealkylation sites (N-methyl/N-ethyl adjacent to an activating group) is 1. The Balaban J connectivity index is 2.91. The van der Waals surface area contributed by atoms with Crippen LogP contribution in [0.2, 0.25) is 0 Å². The maximum absolute atomic E-state index is 9.58. The minimum atomic E-state index is -0.678. The molecule has 72 valence electrons. The van der Waals surface area contributed by atoms with Crippen LogP contribution in [0.1, 0.15) is 11.7 Å². The number of rotatable bonds is 3. The van der Waals surface area contributed by atoms with Crippen molar-refractivity contribution in [3.63, 3.8) is 0 Å². The lowest BCUT2D eigenvalue weighted by Crippen LogP contribution is -2.16. The topological polar surface area (TPSA) is 52.5 Å². The Morgan fingerprint density at radius 2 is 2.23 bits per heavy atom. The minimum Gasteiger partial charge on any atom is -0.508 e. The lowest BCUT2D eigenvalue weighted by atomic mass is 10.1. The molecule has 0 saturated heterocycles. The van der Waals surface area contributed by atoms with E-state index < -0.39 is 6.10 Å². The maximum atomic E-state index is 9.58. The third-order valence-corrected chi connectivity index (χ3v) is 2.24. The zero-order chi connectivity index (χ0) is 9.84. The first-order valence-electron chi connectivity index (χ1n) is 3.96. The predicted molar refractivity (Wildman–Crippen MR) is 54.7 cm³/mol. The molecule has 3 nitrogen and oxygen atoms in total. The fourth-order valence-electron chi connectivity index (χ4n) is 1.10. The van der Waals surface area contributed by atoms with E-state index in [2.05, 4.69) is 21.2 Å². The number of aromatic hydroxyl groups is 1. The Labute approximate surface area is 85.5 Å². The molecule has 1 rings (SSSR count). The first kappa shape index (κ1) is 10.5. The van der Waals surface area contributed by atoms with Gasteiger partial charge in [0.15, 0.2) is 0 Å². The molecular formula is C9H12BrNO2. The summed E-state index contributed by atoms with van der Waals surface area (Å²) < 4.78 is 0.843. The fourth-order valence-corrected chi connectivity index (χ4v) is 1.47. The third-order valence-electron chi connectivity index (χ3n) is 1.75. The summed E-state index contributed by atoms with van der Waals surface area (Å²) in [5.41, 5.74) is 0.531. The van der Waals surface area contributed by atoms with Crippen molar-refractivity contribution in [2.24, 2.45) is 0 Å². The normalized spacial score (nSPS) is 12.8. The molecule has 0 heterocycles. The van der Waals surface area contributed by atoms with Gasteiger partial charge >= 0.3 is 0 Å². The number of nitrogens with one attached hydrogen (secondary N) is 1. The Bertz CT molecular complexity index is 291. The van der Waals surface area contributed by atoms with Gasteiger partial charge in [0.05, 0.1) is 6.10 Å². The minimum absolute atomic E-state index is 0.117. The molecule has 0 amide bonds.